The number of carbonyl (C=O) groups excluding carboxylic acids is 1. The number of hydrogen-bond donors (Lipinski definition) is 1. The third-order valence-electron chi connectivity index (χ3n) is 1.89. The highest BCUT2D eigenvalue weighted by Gasteiger charge is 2.14. The van der Waals surface area contributed by atoms with Crippen LogP contribution in [0.5, 0.6) is 0 Å². The van der Waals surface area contributed by atoms with Crippen LogP contribution in [0.2, 0.25) is 0 Å². The maximum Gasteiger partial charge on any atom is 0.323 e. The van der Waals surface area contributed by atoms with Crippen LogP contribution in [-0.4, -0.2) is 18.6 Å². The van der Waals surface area contributed by atoms with Crippen molar-refractivity contribution in [1.29, 1.82) is 0 Å². The molecular weight excluding hydrogens is 214 g/mol. The number of halogens is 1. The van der Waals surface area contributed by atoms with E-state index in [4.69, 9.17) is 10.5 Å². The van der Waals surface area contributed by atoms with Gasteiger partial charge in [-0.05, 0) is 18.9 Å². The summed E-state index contributed by atoms with van der Waals surface area (Å²) in [5.74, 6) is -0.337. The van der Waals surface area contributed by atoms with E-state index in [0.717, 1.165) is 5.56 Å². The van der Waals surface area contributed by atoms with Crippen LogP contribution in [0.15, 0.2) is 30.3 Å². The van der Waals surface area contributed by atoms with Crippen LogP contribution in [0.25, 0.3) is 0 Å². The summed E-state index contributed by atoms with van der Waals surface area (Å²) in [4.78, 5) is 11.2. The molecule has 0 bridgehead atoms. The minimum Gasteiger partial charge on any atom is -0.465 e. The van der Waals surface area contributed by atoms with E-state index in [-0.39, 0.29) is 18.4 Å². The van der Waals surface area contributed by atoms with Crippen LogP contribution in [0.1, 0.15) is 12.5 Å². The Bertz CT molecular complexity index is 290. The zero-order chi connectivity index (χ0) is 10.4. The summed E-state index contributed by atoms with van der Waals surface area (Å²) in [5, 5.41) is 0. The van der Waals surface area contributed by atoms with Gasteiger partial charge in [0.2, 0.25) is 0 Å². The molecule has 1 rings (SSSR count). The monoisotopic (exact) mass is 229 g/mol. The number of nitrogens with two attached hydrogens (primary N) is 1. The number of esters is 1. The Morgan fingerprint density at radius 2 is 2.00 bits per heavy atom. The number of carbonyl (C=O) groups is 1. The van der Waals surface area contributed by atoms with E-state index >= 15 is 0 Å². The van der Waals surface area contributed by atoms with Crippen LogP contribution in [0, 0.1) is 0 Å². The lowest BCUT2D eigenvalue weighted by atomic mass is 10.1. The molecule has 0 radical (unpaired) electrons. The molecule has 0 aliphatic carbocycles. The van der Waals surface area contributed by atoms with E-state index < -0.39 is 6.04 Å². The number of rotatable bonds is 4. The molecule has 0 saturated heterocycles. The Hall–Kier alpha value is -1.06. The van der Waals surface area contributed by atoms with Gasteiger partial charge in [0, 0.05) is 0 Å². The molecule has 3 nitrogen and oxygen atoms in total. The molecule has 84 valence electrons. The molecule has 1 aromatic carbocycles. The van der Waals surface area contributed by atoms with E-state index in [2.05, 4.69) is 0 Å². The molecule has 0 unspecified atom stereocenters. The minimum atomic E-state index is -0.558. The van der Waals surface area contributed by atoms with Gasteiger partial charge in [0.1, 0.15) is 6.04 Å². The highest BCUT2D eigenvalue weighted by molar-refractivity contribution is 5.85. The smallest absolute Gasteiger partial charge is 0.323 e. The van der Waals surface area contributed by atoms with Gasteiger partial charge >= 0.3 is 5.97 Å². The van der Waals surface area contributed by atoms with Crippen molar-refractivity contribution in [2.75, 3.05) is 6.61 Å². The summed E-state index contributed by atoms with van der Waals surface area (Å²) >= 11 is 0. The molecule has 0 saturated carbocycles. The van der Waals surface area contributed by atoms with E-state index in [1.165, 1.54) is 0 Å². The van der Waals surface area contributed by atoms with Crippen molar-refractivity contribution in [3.8, 4) is 0 Å². The lowest BCUT2D eigenvalue weighted by Gasteiger charge is -2.09. The van der Waals surface area contributed by atoms with Crippen molar-refractivity contribution in [2.24, 2.45) is 5.73 Å². The molecule has 1 aromatic rings. The van der Waals surface area contributed by atoms with Crippen LogP contribution < -0.4 is 5.73 Å². The fourth-order valence-corrected chi connectivity index (χ4v) is 1.20. The number of hydrogen-bond acceptors (Lipinski definition) is 3. The summed E-state index contributed by atoms with van der Waals surface area (Å²) < 4.78 is 4.81. The highest BCUT2D eigenvalue weighted by Crippen LogP contribution is 2.02. The Labute approximate surface area is 96.0 Å². The number of ether oxygens (including phenoxy) is 1. The van der Waals surface area contributed by atoms with Crippen molar-refractivity contribution in [3.63, 3.8) is 0 Å². The first-order valence-electron chi connectivity index (χ1n) is 4.70. The van der Waals surface area contributed by atoms with Gasteiger partial charge in [-0.2, -0.15) is 0 Å². The third-order valence-corrected chi connectivity index (χ3v) is 1.89. The van der Waals surface area contributed by atoms with E-state index in [0.29, 0.717) is 13.0 Å². The maximum absolute atomic E-state index is 11.2. The van der Waals surface area contributed by atoms with Gasteiger partial charge < -0.3 is 10.5 Å². The third kappa shape index (κ3) is 4.81. The molecule has 0 aliphatic rings. The normalized spacial score (nSPS) is 11.3. The minimum absolute atomic E-state index is 0. The lowest BCUT2D eigenvalue weighted by molar-refractivity contribution is -0.144. The summed E-state index contributed by atoms with van der Waals surface area (Å²) in [7, 11) is 0. The Balaban J connectivity index is 0.00000196. The summed E-state index contributed by atoms with van der Waals surface area (Å²) in [5.41, 5.74) is 6.71. The standard InChI is InChI=1S/C11H15NO2.ClH/c1-2-14-11(13)10(12)8-9-6-4-3-5-7-9;/h3-7,10H,2,8,12H2,1H3;1H/t10-;/m0./s1. The molecule has 4 heteroatoms. The first-order chi connectivity index (χ1) is 6.74. The van der Waals surface area contributed by atoms with Gasteiger partial charge in [-0.1, -0.05) is 30.3 Å². The molecule has 1 atom stereocenters. The Morgan fingerprint density at radius 1 is 1.40 bits per heavy atom. The summed E-state index contributed by atoms with van der Waals surface area (Å²) in [6.45, 7) is 2.15. The van der Waals surface area contributed by atoms with E-state index in [9.17, 15) is 4.79 Å². The lowest BCUT2D eigenvalue weighted by Crippen LogP contribution is -2.34. The molecule has 2 N–H and O–H groups in total. The fourth-order valence-electron chi connectivity index (χ4n) is 1.20. The van der Waals surface area contributed by atoms with Gasteiger partial charge in [-0.25, -0.2) is 0 Å². The van der Waals surface area contributed by atoms with Gasteiger partial charge in [0.15, 0.2) is 0 Å². The first kappa shape index (κ1) is 13.9. The summed E-state index contributed by atoms with van der Waals surface area (Å²) in [6.07, 6.45) is 0.527. The van der Waals surface area contributed by atoms with Crippen LogP contribution in [0.3, 0.4) is 0 Å². The predicted octanol–water partition coefficient (Wildman–Crippen LogP) is 1.54. The second-order valence-corrected chi connectivity index (χ2v) is 3.05. The summed E-state index contributed by atoms with van der Waals surface area (Å²) in [6, 6.07) is 9.11. The molecule has 0 spiro atoms. The number of benzene rings is 1. The Morgan fingerprint density at radius 3 is 2.53 bits per heavy atom. The van der Waals surface area contributed by atoms with Crippen molar-refractivity contribution >= 4 is 18.4 Å². The van der Waals surface area contributed by atoms with E-state index in [1.807, 2.05) is 30.3 Å². The topological polar surface area (TPSA) is 52.3 Å². The zero-order valence-electron chi connectivity index (χ0n) is 8.68. The van der Waals surface area contributed by atoms with Gasteiger partial charge in [-0.15, -0.1) is 12.4 Å². The van der Waals surface area contributed by atoms with Crippen molar-refractivity contribution in [2.45, 2.75) is 19.4 Å². The largest absolute Gasteiger partial charge is 0.465 e. The second kappa shape index (κ2) is 7.26. The zero-order valence-corrected chi connectivity index (χ0v) is 9.50. The fraction of sp³-hybridized carbons (Fsp3) is 0.364. The van der Waals surface area contributed by atoms with Gasteiger partial charge in [0.25, 0.3) is 0 Å². The average molecular weight is 230 g/mol. The van der Waals surface area contributed by atoms with Crippen molar-refractivity contribution in [3.05, 3.63) is 35.9 Å². The van der Waals surface area contributed by atoms with Crippen molar-refractivity contribution in [1.82, 2.24) is 0 Å². The quantitative estimate of drug-likeness (QED) is 0.797. The average Bonchev–Trinajstić information content (AvgIpc) is 2.19. The highest BCUT2D eigenvalue weighted by atomic mass is 35.5. The molecule has 0 aromatic heterocycles. The Kier molecular flexibility index (Phi) is 6.75. The first-order valence-corrected chi connectivity index (χ1v) is 4.70. The SMILES string of the molecule is CCOC(=O)[C@@H](N)Cc1ccccc1.Cl. The van der Waals surface area contributed by atoms with Gasteiger partial charge in [0.05, 0.1) is 6.61 Å². The maximum atomic E-state index is 11.2. The van der Waals surface area contributed by atoms with Crippen molar-refractivity contribution < 1.29 is 9.53 Å². The van der Waals surface area contributed by atoms with Crippen LogP contribution >= 0.6 is 12.4 Å². The second-order valence-electron chi connectivity index (χ2n) is 3.05. The van der Waals surface area contributed by atoms with E-state index in [1.54, 1.807) is 6.92 Å². The molecular formula is C11H16ClNO2. The molecule has 0 fully saturated rings. The molecule has 0 heterocycles. The van der Waals surface area contributed by atoms with Gasteiger partial charge in [-0.3, -0.25) is 4.79 Å². The van der Waals surface area contributed by atoms with Crippen LogP contribution in [0.4, 0.5) is 0 Å². The van der Waals surface area contributed by atoms with Crippen LogP contribution in [-0.2, 0) is 16.0 Å². The molecule has 0 aliphatic heterocycles. The molecule has 15 heavy (non-hydrogen) atoms. The molecule has 0 amide bonds. The predicted molar refractivity (Wildman–Crippen MR) is 62.0 cm³/mol.